The maximum absolute atomic E-state index is 12.5. The quantitative estimate of drug-likeness (QED) is 0.660. The van der Waals surface area contributed by atoms with Crippen LogP contribution in [0.1, 0.15) is 50.7 Å². The molecular weight excluding hydrogens is 405 g/mol. The van der Waals surface area contributed by atoms with Gasteiger partial charge in [-0.3, -0.25) is 0 Å². The Morgan fingerprint density at radius 3 is 2.11 bits per heavy atom. The Bertz CT molecular complexity index is 860. The SMILES string of the molecule is CC(C)c1cccc(C(C)C)c1N1C=C2C=CC=C(N(C)C)N2C1[SeH](=O)=O. The standard InChI is InChI=1S/C21H29N3O2Se/c1-14(2)17-10-8-11-18(15(3)4)20(17)23-13-16-9-7-12-19(22(5)6)24(16)21(23)27(25)26/h7-15,21,27H,1-6H3. The molecule has 0 N–H and O–H groups in total. The summed E-state index contributed by atoms with van der Waals surface area (Å²) in [4.78, 5) is 5.87. The average molecular weight is 434 g/mol. The number of para-hydroxylation sites is 1. The van der Waals surface area contributed by atoms with E-state index in [0.717, 1.165) is 17.2 Å². The molecule has 0 saturated heterocycles. The van der Waals surface area contributed by atoms with Gasteiger partial charge in [-0.25, -0.2) is 0 Å². The van der Waals surface area contributed by atoms with E-state index in [0.29, 0.717) is 11.8 Å². The van der Waals surface area contributed by atoms with Gasteiger partial charge in [0.05, 0.1) is 0 Å². The predicted octanol–water partition coefficient (Wildman–Crippen LogP) is 3.82. The molecule has 2 aliphatic rings. The van der Waals surface area contributed by atoms with Gasteiger partial charge in [-0.2, -0.15) is 0 Å². The van der Waals surface area contributed by atoms with E-state index in [1.165, 1.54) is 11.1 Å². The van der Waals surface area contributed by atoms with Crippen LogP contribution < -0.4 is 4.90 Å². The Balaban J connectivity index is 2.23. The van der Waals surface area contributed by atoms with Crippen molar-refractivity contribution >= 4 is 19.5 Å². The zero-order chi connectivity index (χ0) is 19.9. The van der Waals surface area contributed by atoms with Crippen LogP contribution in [0.5, 0.6) is 0 Å². The first-order chi connectivity index (χ1) is 12.7. The van der Waals surface area contributed by atoms with Crippen molar-refractivity contribution in [2.45, 2.75) is 44.6 Å². The minimum atomic E-state index is -3.61. The van der Waals surface area contributed by atoms with Crippen molar-refractivity contribution in [2.75, 3.05) is 19.0 Å². The Morgan fingerprint density at radius 1 is 1.04 bits per heavy atom. The summed E-state index contributed by atoms with van der Waals surface area (Å²) in [6.45, 7) is 8.62. The van der Waals surface area contributed by atoms with Crippen LogP contribution in [-0.4, -0.2) is 42.7 Å². The van der Waals surface area contributed by atoms with E-state index < -0.39 is 18.8 Å². The van der Waals surface area contributed by atoms with Gasteiger partial charge in [-0.1, -0.05) is 0 Å². The first-order valence-corrected chi connectivity index (χ1v) is 12.0. The Hall–Kier alpha value is -2.04. The molecule has 0 aromatic heterocycles. The first-order valence-electron chi connectivity index (χ1n) is 9.35. The molecule has 6 heteroatoms. The normalized spacial score (nSPS) is 19.1. The molecule has 0 radical (unpaired) electrons. The van der Waals surface area contributed by atoms with Crippen LogP contribution >= 0.6 is 0 Å². The first kappa shape index (κ1) is 19.7. The maximum atomic E-state index is 12.5. The monoisotopic (exact) mass is 435 g/mol. The Morgan fingerprint density at radius 2 is 1.63 bits per heavy atom. The van der Waals surface area contributed by atoms with Crippen LogP contribution in [0.2, 0.25) is 0 Å². The van der Waals surface area contributed by atoms with Crippen molar-refractivity contribution in [3.63, 3.8) is 0 Å². The summed E-state index contributed by atoms with van der Waals surface area (Å²) in [5.41, 5.74) is 4.30. The number of allylic oxidation sites excluding steroid dienone is 3. The summed E-state index contributed by atoms with van der Waals surface area (Å²) < 4.78 is 25.0. The van der Waals surface area contributed by atoms with E-state index in [9.17, 15) is 7.67 Å². The molecule has 2 heterocycles. The molecule has 146 valence electrons. The molecule has 0 aliphatic carbocycles. The molecule has 1 aromatic carbocycles. The number of hydrogen-bond donors (Lipinski definition) is 0. The molecule has 0 fully saturated rings. The van der Waals surface area contributed by atoms with Gasteiger partial charge in [-0.05, 0) is 0 Å². The van der Waals surface area contributed by atoms with Crippen molar-refractivity contribution in [2.24, 2.45) is 0 Å². The number of rotatable bonds is 5. The van der Waals surface area contributed by atoms with E-state index in [1.807, 2.05) is 53.2 Å². The molecule has 1 aromatic rings. The number of anilines is 1. The van der Waals surface area contributed by atoms with Gasteiger partial charge >= 0.3 is 166 Å². The molecule has 27 heavy (non-hydrogen) atoms. The summed E-state index contributed by atoms with van der Waals surface area (Å²) >= 11 is -3.61. The van der Waals surface area contributed by atoms with E-state index in [2.05, 4.69) is 45.9 Å². The second-order valence-corrected chi connectivity index (χ2v) is 10.0. The van der Waals surface area contributed by atoms with Crippen LogP contribution in [0.15, 0.2) is 54.1 Å². The minimum absolute atomic E-state index is 0.300. The molecule has 0 amide bonds. The van der Waals surface area contributed by atoms with Gasteiger partial charge in [0, 0.05) is 0 Å². The van der Waals surface area contributed by atoms with Gasteiger partial charge in [0.15, 0.2) is 0 Å². The number of nitrogens with zero attached hydrogens (tertiary/aromatic N) is 3. The number of hydrogen-bond acceptors (Lipinski definition) is 5. The second kappa shape index (κ2) is 7.53. The van der Waals surface area contributed by atoms with E-state index in [1.54, 1.807) is 0 Å². The van der Waals surface area contributed by atoms with Crippen LogP contribution in [-0.2, 0) is 7.67 Å². The zero-order valence-corrected chi connectivity index (χ0v) is 18.8. The third-order valence-electron chi connectivity index (χ3n) is 5.04. The molecular formula is C21H29N3O2Se. The van der Waals surface area contributed by atoms with Crippen molar-refractivity contribution in [1.82, 2.24) is 9.80 Å². The molecule has 0 bridgehead atoms. The summed E-state index contributed by atoms with van der Waals surface area (Å²) in [5.74, 6) is 1.48. The summed E-state index contributed by atoms with van der Waals surface area (Å²) in [6, 6.07) is 6.31. The van der Waals surface area contributed by atoms with Gasteiger partial charge in [0.1, 0.15) is 0 Å². The predicted molar refractivity (Wildman–Crippen MR) is 110 cm³/mol. The van der Waals surface area contributed by atoms with E-state index in [-0.39, 0.29) is 0 Å². The number of fused-ring (bicyclic) bond motifs is 1. The van der Waals surface area contributed by atoms with Crippen molar-refractivity contribution in [1.29, 1.82) is 0 Å². The summed E-state index contributed by atoms with van der Waals surface area (Å²) in [5, 5.41) is -0.691. The van der Waals surface area contributed by atoms with Crippen LogP contribution in [0.4, 0.5) is 5.69 Å². The molecule has 5 nitrogen and oxygen atoms in total. The Labute approximate surface area is 165 Å². The van der Waals surface area contributed by atoms with E-state index >= 15 is 0 Å². The molecule has 0 spiro atoms. The molecule has 2 aliphatic heterocycles. The fourth-order valence-electron chi connectivity index (χ4n) is 3.77. The van der Waals surface area contributed by atoms with Crippen LogP contribution in [0.25, 0.3) is 0 Å². The fourth-order valence-corrected chi connectivity index (χ4v) is 5.50. The fraction of sp³-hybridized carbons (Fsp3) is 0.429. The molecule has 0 saturated carbocycles. The van der Waals surface area contributed by atoms with Crippen LogP contribution in [0, 0.1) is 0 Å². The molecule has 1 atom stereocenters. The van der Waals surface area contributed by atoms with Crippen LogP contribution in [0.3, 0.4) is 0 Å². The third kappa shape index (κ3) is 3.44. The van der Waals surface area contributed by atoms with Crippen molar-refractivity contribution in [3.8, 4) is 0 Å². The Kier molecular flexibility index (Phi) is 5.50. The third-order valence-corrected chi connectivity index (χ3v) is 6.83. The second-order valence-electron chi connectivity index (χ2n) is 7.84. The van der Waals surface area contributed by atoms with Gasteiger partial charge < -0.3 is 0 Å². The van der Waals surface area contributed by atoms with Gasteiger partial charge in [0.25, 0.3) is 0 Å². The average Bonchev–Trinajstić information content (AvgIpc) is 2.99. The summed E-state index contributed by atoms with van der Waals surface area (Å²) in [7, 11) is 3.88. The topological polar surface area (TPSA) is 43.9 Å². The van der Waals surface area contributed by atoms with Crippen molar-refractivity contribution in [3.05, 3.63) is 65.3 Å². The molecule has 1 unspecified atom stereocenters. The van der Waals surface area contributed by atoms with Crippen molar-refractivity contribution < 1.29 is 7.67 Å². The number of benzene rings is 1. The van der Waals surface area contributed by atoms with E-state index in [4.69, 9.17) is 0 Å². The molecule has 3 rings (SSSR count). The summed E-state index contributed by atoms with van der Waals surface area (Å²) in [6.07, 6.45) is 7.90. The van der Waals surface area contributed by atoms with Gasteiger partial charge in [0.2, 0.25) is 0 Å². The zero-order valence-electron chi connectivity index (χ0n) is 16.9. The van der Waals surface area contributed by atoms with Gasteiger partial charge in [-0.15, -0.1) is 0 Å².